The van der Waals surface area contributed by atoms with Crippen LogP contribution in [0.15, 0.2) is 89.7 Å². The second-order valence-electron chi connectivity index (χ2n) is 7.90. The summed E-state index contributed by atoms with van der Waals surface area (Å²) >= 11 is 1.44. The first-order chi connectivity index (χ1) is 15.1. The lowest BCUT2D eigenvalue weighted by atomic mass is 10.0. The van der Waals surface area contributed by atoms with E-state index in [2.05, 4.69) is 38.1 Å². The Kier molecular flexibility index (Phi) is 5.00. The molecule has 2 heterocycles. The molecule has 0 bridgehead atoms. The first kappa shape index (κ1) is 19.5. The number of hydrogen-bond donors (Lipinski definition) is 0. The number of fused-ring (bicyclic) bond motifs is 1. The van der Waals surface area contributed by atoms with Crippen molar-refractivity contribution in [3.63, 3.8) is 0 Å². The molecule has 0 aliphatic carbocycles. The van der Waals surface area contributed by atoms with Crippen molar-refractivity contribution < 1.29 is 0 Å². The average Bonchev–Trinajstić information content (AvgIpc) is 3.32. The molecule has 0 saturated carbocycles. The standard InChI is InChI=1S/C27H22N2OS/c1-18(2)20-15-13-19(14-16-20)17-23-26(30)29-25(22-11-7-4-8-12-22)24(28-27(29)31-23)21-9-5-3-6-10-21/h3-18H,1-2H3. The first-order valence-corrected chi connectivity index (χ1v) is 11.2. The molecule has 4 heteroatoms. The summed E-state index contributed by atoms with van der Waals surface area (Å²) in [5.41, 5.74) is 5.96. The van der Waals surface area contributed by atoms with E-state index in [0.717, 1.165) is 28.1 Å². The van der Waals surface area contributed by atoms with E-state index in [1.165, 1.54) is 16.9 Å². The Morgan fingerprint density at radius 1 is 0.839 bits per heavy atom. The largest absolute Gasteiger partial charge is 0.274 e. The zero-order valence-electron chi connectivity index (χ0n) is 17.4. The van der Waals surface area contributed by atoms with Gasteiger partial charge >= 0.3 is 0 Å². The monoisotopic (exact) mass is 422 g/mol. The Bertz CT molecular complexity index is 1450. The SMILES string of the molecule is CC(C)c1ccc(C=c2sc3nc(-c4ccccc4)c(-c4ccccc4)n3c2=O)cc1. The minimum Gasteiger partial charge on any atom is -0.267 e. The lowest BCUT2D eigenvalue weighted by Crippen LogP contribution is -2.23. The molecule has 5 aromatic rings. The lowest BCUT2D eigenvalue weighted by molar-refractivity contribution is 0.866. The highest BCUT2D eigenvalue weighted by Gasteiger charge is 2.19. The van der Waals surface area contributed by atoms with Gasteiger partial charge in [-0.3, -0.25) is 4.79 Å². The predicted octanol–water partition coefficient (Wildman–Crippen LogP) is 5.76. The van der Waals surface area contributed by atoms with Gasteiger partial charge < -0.3 is 0 Å². The Morgan fingerprint density at radius 3 is 2.06 bits per heavy atom. The second kappa shape index (κ2) is 7.97. The van der Waals surface area contributed by atoms with Gasteiger partial charge in [-0.25, -0.2) is 9.38 Å². The number of imidazole rings is 1. The van der Waals surface area contributed by atoms with Crippen molar-refractivity contribution >= 4 is 22.4 Å². The Morgan fingerprint density at radius 2 is 1.45 bits per heavy atom. The van der Waals surface area contributed by atoms with Gasteiger partial charge in [-0.1, -0.05) is 110 Å². The highest BCUT2D eigenvalue weighted by Crippen LogP contribution is 2.32. The highest BCUT2D eigenvalue weighted by atomic mass is 32.1. The number of rotatable bonds is 4. The number of hydrogen-bond acceptors (Lipinski definition) is 3. The van der Waals surface area contributed by atoms with Crippen LogP contribution in [0.25, 0.3) is 33.6 Å². The summed E-state index contributed by atoms with van der Waals surface area (Å²) < 4.78 is 2.45. The topological polar surface area (TPSA) is 34.4 Å². The first-order valence-electron chi connectivity index (χ1n) is 10.4. The van der Waals surface area contributed by atoms with Gasteiger partial charge in [0.05, 0.1) is 15.9 Å². The van der Waals surface area contributed by atoms with Crippen LogP contribution in [-0.2, 0) is 0 Å². The Labute approximate surface area is 185 Å². The normalized spacial score (nSPS) is 12.2. The van der Waals surface area contributed by atoms with Crippen LogP contribution in [0.5, 0.6) is 0 Å². The van der Waals surface area contributed by atoms with E-state index < -0.39 is 0 Å². The van der Waals surface area contributed by atoms with Gasteiger partial charge in [0.2, 0.25) is 0 Å². The molecule has 0 aliphatic rings. The van der Waals surface area contributed by atoms with Crippen molar-refractivity contribution in [3.05, 3.63) is 111 Å². The lowest BCUT2D eigenvalue weighted by Gasteiger charge is -2.04. The third-order valence-electron chi connectivity index (χ3n) is 5.46. The fourth-order valence-corrected chi connectivity index (χ4v) is 4.76. The molecule has 0 aliphatic heterocycles. The van der Waals surface area contributed by atoms with Crippen LogP contribution in [0.3, 0.4) is 0 Å². The molecule has 0 atom stereocenters. The van der Waals surface area contributed by atoms with E-state index >= 15 is 0 Å². The maximum Gasteiger partial charge on any atom is 0.274 e. The maximum absolute atomic E-state index is 13.4. The van der Waals surface area contributed by atoms with Gasteiger partial charge in [-0.2, -0.15) is 0 Å². The number of nitrogens with zero attached hydrogens (tertiary/aromatic N) is 2. The van der Waals surface area contributed by atoms with Crippen molar-refractivity contribution in [1.29, 1.82) is 0 Å². The zero-order chi connectivity index (χ0) is 21.4. The summed E-state index contributed by atoms with van der Waals surface area (Å²) in [4.78, 5) is 19.0. The summed E-state index contributed by atoms with van der Waals surface area (Å²) in [7, 11) is 0. The van der Waals surface area contributed by atoms with Gasteiger partial charge in [0, 0.05) is 11.1 Å². The van der Waals surface area contributed by atoms with Crippen molar-refractivity contribution in [2.45, 2.75) is 19.8 Å². The van der Waals surface area contributed by atoms with Crippen LogP contribution >= 0.6 is 11.3 Å². The van der Waals surface area contributed by atoms with Crippen molar-refractivity contribution in [3.8, 4) is 22.5 Å². The van der Waals surface area contributed by atoms with Crippen molar-refractivity contribution in [2.24, 2.45) is 0 Å². The fraction of sp³-hybridized carbons (Fsp3) is 0.111. The van der Waals surface area contributed by atoms with Crippen LogP contribution in [0.1, 0.15) is 30.9 Å². The summed E-state index contributed by atoms with van der Waals surface area (Å²) in [6, 6.07) is 28.5. The van der Waals surface area contributed by atoms with E-state index in [-0.39, 0.29) is 5.56 Å². The molecule has 0 amide bonds. The Balaban J connectivity index is 1.72. The number of aromatic nitrogens is 2. The smallest absolute Gasteiger partial charge is 0.267 e. The molecule has 0 saturated heterocycles. The van der Waals surface area contributed by atoms with E-state index in [9.17, 15) is 4.79 Å². The fourth-order valence-electron chi connectivity index (χ4n) is 3.79. The van der Waals surface area contributed by atoms with E-state index in [1.54, 1.807) is 4.40 Å². The number of benzene rings is 3. The third-order valence-corrected chi connectivity index (χ3v) is 6.43. The van der Waals surface area contributed by atoms with Crippen LogP contribution < -0.4 is 10.1 Å². The molecule has 0 fully saturated rings. The molecule has 31 heavy (non-hydrogen) atoms. The van der Waals surface area contributed by atoms with E-state index in [4.69, 9.17) is 4.98 Å². The summed E-state index contributed by atoms with van der Waals surface area (Å²) in [5, 5.41) is 0. The van der Waals surface area contributed by atoms with Crippen molar-refractivity contribution in [2.75, 3.05) is 0 Å². The van der Waals surface area contributed by atoms with Gasteiger partial charge in [0.15, 0.2) is 4.96 Å². The summed E-state index contributed by atoms with van der Waals surface area (Å²) in [6.45, 7) is 4.36. The van der Waals surface area contributed by atoms with Gasteiger partial charge in [-0.05, 0) is 23.1 Å². The molecule has 152 valence electrons. The molecule has 0 unspecified atom stereocenters. The van der Waals surface area contributed by atoms with Gasteiger partial charge in [0.1, 0.15) is 0 Å². The average molecular weight is 423 g/mol. The summed E-state index contributed by atoms with van der Waals surface area (Å²) in [6.07, 6.45) is 1.96. The van der Waals surface area contributed by atoms with E-state index in [0.29, 0.717) is 15.4 Å². The second-order valence-corrected chi connectivity index (χ2v) is 8.91. The maximum atomic E-state index is 13.4. The summed E-state index contributed by atoms with van der Waals surface area (Å²) in [5.74, 6) is 0.485. The van der Waals surface area contributed by atoms with E-state index in [1.807, 2.05) is 66.7 Å². The molecular weight excluding hydrogens is 400 g/mol. The molecule has 0 spiro atoms. The quantitative estimate of drug-likeness (QED) is 0.369. The molecule has 0 N–H and O–H groups in total. The molecule has 2 aromatic heterocycles. The number of thiazole rings is 1. The third kappa shape index (κ3) is 3.60. The zero-order valence-corrected chi connectivity index (χ0v) is 18.3. The van der Waals surface area contributed by atoms with Gasteiger partial charge in [-0.15, -0.1) is 0 Å². The predicted molar refractivity (Wildman–Crippen MR) is 130 cm³/mol. The minimum atomic E-state index is -0.0264. The molecule has 3 nitrogen and oxygen atoms in total. The highest BCUT2D eigenvalue weighted by molar-refractivity contribution is 7.15. The van der Waals surface area contributed by atoms with Crippen molar-refractivity contribution in [1.82, 2.24) is 9.38 Å². The molecule has 5 rings (SSSR count). The van der Waals surface area contributed by atoms with Crippen LogP contribution in [0, 0.1) is 0 Å². The molecule has 0 radical (unpaired) electrons. The van der Waals surface area contributed by atoms with Gasteiger partial charge in [0.25, 0.3) is 5.56 Å². The van der Waals surface area contributed by atoms with Crippen LogP contribution in [0.2, 0.25) is 0 Å². The molecule has 3 aromatic carbocycles. The Hall–Kier alpha value is -3.50. The van der Waals surface area contributed by atoms with Crippen LogP contribution in [-0.4, -0.2) is 9.38 Å². The molecular formula is C27H22N2OS. The minimum absolute atomic E-state index is 0.0264. The van der Waals surface area contributed by atoms with Crippen LogP contribution in [0.4, 0.5) is 0 Å².